The third kappa shape index (κ3) is 4.54. The van der Waals surface area contributed by atoms with Gasteiger partial charge < -0.3 is 4.90 Å². The van der Waals surface area contributed by atoms with Gasteiger partial charge >= 0.3 is 0 Å². The molecule has 1 fully saturated rings. The fourth-order valence-electron chi connectivity index (χ4n) is 2.40. The van der Waals surface area contributed by atoms with Crippen molar-refractivity contribution in [3.05, 3.63) is 0 Å². The Kier molecular flexibility index (Phi) is 5.65. The van der Waals surface area contributed by atoms with Crippen LogP contribution < -0.4 is 0 Å². The zero-order valence-corrected chi connectivity index (χ0v) is 11.4. The molecule has 1 amide bonds. The lowest BCUT2D eigenvalue weighted by Gasteiger charge is -2.35. The second kappa shape index (κ2) is 6.51. The van der Waals surface area contributed by atoms with Crippen LogP contribution in [0.3, 0.4) is 0 Å². The van der Waals surface area contributed by atoms with Crippen molar-refractivity contribution < 1.29 is 4.79 Å². The number of rotatable bonds is 4. The second-order valence-electron chi connectivity index (χ2n) is 4.89. The van der Waals surface area contributed by atoms with Gasteiger partial charge in [0.2, 0.25) is 5.91 Å². The third-order valence-corrected chi connectivity index (χ3v) is 3.56. The van der Waals surface area contributed by atoms with E-state index in [-0.39, 0.29) is 0 Å². The lowest BCUT2D eigenvalue weighted by molar-refractivity contribution is -0.133. The minimum atomic E-state index is 0.356. The van der Waals surface area contributed by atoms with Gasteiger partial charge in [-0.3, -0.25) is 4.79 Å². The zero-order chi connectivity index (χ0) is 11.3. The van der Waals surface area contributed by atoms with Crippen LogP contribution in [0.1, 0.15) is 39.5 Å². The first kappa shape index (κ1) is 13.0. The van der Waals surface area contributed by atoms with Gasteiger partial charge in [0.15, 0.2) is 0 Å². The SMILES string of the molecule is CC1CC(C)CN(C(=O)CCCCBr)C1. The Morgan fingerprint density at radius 2 is 1.87 bits per heavy atom. The fourth-order valence-corrected chi connectivity index (χ4v) is 2.79. The lowest BCUT2D eigenvalue weighted by atomic mass is 9.91. The molecule has 0 saturated carbocycles. The number of hydrogen-bond acceptors (Lipinski definition) is 1. The Morgan fingerprint density at radius 3 is 2.40 bits per heavy atom. The van der Waals surface area contributed by atoms with E-state index in [4.69, 9.17) is 0 Å². The summed E-state index contributed by atoms with van der Waals surface area (Å²) in [5.74, 6) is 1.71. The van der Waals surface area contributed by atoms with Gasteiger partial charge in [0.1, 0.15) is 0 Å². The Labute approximate surface area is 102 Å². The van der Waals surface area contributed by atoms with Crippen LogP contribution in [-0.4, -0.2) is 29.2 Å². The smallest absolute Gasteiger partial charge is 0.222 e. The first-order valence-electron chi connectivity index (χ1n) is 5.97. The minimum absolute atomic E-state index is 0.356. The second-order valence-corrected chi connectivity index (χ2v) is 5.68. The molecule has 15 heavy (non-hydrogen) atoms. The normalized spacial score (nSPS) is 26.7. The summed E-state index contributed by atoms with van der Waals surface area (Å²) in [6.45, 7) is 6.43. The van der Waals surface area contributed by atoms with Gasteiger partial charge in [-0.25, -0.2) is 0 Å². The standard InChI is InChI=1S/C12H22BrNO/c1-10-7-11(2)9-14(8-10)12(15)5-3-4-6-13/h10-11H,3-9H2,1-2H3. The zero-order valence-electron chi connectivity index (χ0n) is 9.84. The van der Waals surface area contributed by atoms with E-state index in [1.165, 1.54) is 6.42 Å². The van der Waals surface area contributed by atoms with Crippen molar-refractivity contribution in [3.8, 4) is 0 Å². The average Bonchev–Trinajstić information content (AvgIpc) is 2.16. The number of halogens is 1. The van der Waals surface area contributed by atoms with Crippen LogP contribution in [0, 0.1) is 11.8 Å². The molecule has 2 unspecified atom stereocenters. The summed E-state index contributed by atoms with van der Waals surface area (Å²) < 4.78 is 0. The molecular formula is C12H22BrNO. The Balaban J connectivity index is 2.31. The molecule has 0 aromatic carbocycles. The maximum absolute atomic E-state index is 11.9. The Bertz CT molecular complexity index is 198. The molecule has 2 nitrogen and oxygen atoms in total. The van der Waals surface area contributed by atoms with E-state index in [9.17, 15) is 4.79 Å². The number of amides is 1. The van der Waals surface area contributed by atoms with Crippen LogP contribution in [0.5, 0.6) is 0 Å². The highest BCUT2D eigenvalue weighted by Crippen LogP contribution is 2.21. The molecule has 1 aliphatic rings. The Hall–Kier alpha value is -0.0500. The highest BCUT2D eigenvalue weighted by atomic mass is 79.9. The number of piperidine rings is 1. The summed E-state index contributed by atoms with van der Waals surface area (Å²) in [4.78, 5) is 13.9. The van der Waals surface area contributed by atoms with Crippen LogP contribution in [0.2, 0.25) is 0 Å². The average molecular weight is 276 g/mol. The fraction of sp³-hybridized carbons (Fsp3) is 0.917. The molecule has 0 aliphatic carbocycles. The topological polar surface area (TPSA) is 20.3 Å². The number of nitrogens with zero attached hydrogens (tertiary/aromatic N) is 1. The van der Waals surface area contributed by atoms with Crippen molar-refractivity contribution in [3.63, 3.8) is 0 Å². The highest BCUT2D eigenvalue weighted by Gasteiger charge is 2.24. The predicted octanol–water partition coefficient (Wildman–Crippen LogP) is 3.06. The summed E-state index contributed by atoms with van der Waals surface area (Å²) in [7, 11) is 0. The third-order valence-electron chi connectivity index (χ3n) is 3.00. The van der Waals surface area contributed by atoms with Gasteiger partial charge in [-0.2, -0.15) is 0 Å². The van der Waals surface area contributed by atoms with Gasteiger partial charge in [-0.15, -0.1) is 0 Å². The van der Waals surface area contributed by atoms with Crippen molar-refractivity contribution in [2.24, 2.45) is 11.8 Å². The highest BCUT2D eigenvalue weighted by molar-refractivity contribution is 9.09. The first-order chi connectivity index (χ1) is 7.13. The summed E-state index contributed by atoms with van der Waals surface area (Å²) >= 11 is 3.39. The number of alkyl halides is 1. The number of unbranched alkanes of at least 4 members (excludes halogenated alkanes) is 1. The van der Waals surface area contributed by atoms with E-state index < -0.39 is 0 Å². The van der Waals surface area contributed by atoms with Crippen LogP contribution in [-0.2, 0) is 4.79 Å². The van der Waals surface area contributed by atoms with Gasteiger partial charge in [0.05, 0.1) is 0 Å². The Morgan fingerprint density at radius 1 is 1.27 bits per heavy atom. The van der Waals surface area contributed by atoms with Crippen molar-refractivity contribution in [2.45, 2.75) is 39.5 Å². The van der Waals surface area contributed by atoms with Gasteiger partial charge in [-0.1, -0.05) is 29.8 Å². The molecule has 0 bridgehead atoms. The maximum atomic E-state index is 11.9. The van der Waals surface area contributed by atoms with Crippen LogP contribution >= 0.6 is 15.9 Å². The molecule has 88 valence electrons. The van der Waals surface area contributed by atoms with Crippen LogP contribution in [0.15, 0.2) is 0 Å². The largest absolute Gasteiger partial charge is 0.342 e. The molecule has 2 atom stereocenters. The molecule has 1 saturated heterocycles. The van der Waals surface area contributed by atoms with Crippen molar-refractivity contribution >= 4 is 21.8 Å². The van der Waals surface area contributed by atoms with E-state index >= 15 is 0 Å². The van der Waals surface area contributed by atoms with E-state index in [2.05, 4.69) is 34.7 Å². The number of carbonyl (C=O) groups excluding carboxylic acids is 1. The molecule has 0 aromatic heterocycles. The molecular weight excluding hydrogens is 254 g/mol. The molecule has 0 aromatic rings. The summed E-state index contributed by atoms with van der Waals surface area (Å²) in [6.07, 6.45) is 4.12. The molecule has 1 aliphatic heterocycles. The molecule has 1 rings (SSSR count). The van der Waals surface area contributed by atoms with E-state index in [0.717, 1.165) is 37.7 Å². The van der Waals surface area contributed by atoms with E-state index in [1.807, 2.05) is 0 Å². The van der Waals surface area contributed by atoms with Gasteiger partial charge in [-0.05, 0) is 31.1 Å². The van der Waals surface area contributed by atoms with E-state index in [1.54, 1.807) is 0 Å². The first-order valence-corrected chi connectivity index (χ1v) is 7.09. The van der Waals surface area contributed by atoms with Crippen LogP contribution in [0.25, 0.3) is 0 Å². The van der Waals surface area contributed by atoms with Crippen molar-refractivity contribution in [1.29, 1.82) is 0 Å². The van der Waals surface area contributed by atoms with Gasteiger partial charge in [0.25, 0.3) is 0 Å². The monoisotopic (exact) mass is 275 g/mol. The molecule has 0 radical (unpaired) electrons. The number of likely N-dealkylation sites (tertiary alicyclic amines) is 1. The number of carbonyl (C=O) groups is 1. The molecule has 1 heterocycles. The van der Waals surface area contributed by atoms with E-state index in [0.29, 0.717) is 17.7 Å². The molecule has 0 N–H and O–H groups in total. The van der Waals surface area contributed by atoms with Crippen molar-refractivity contribution in [1.82, 2.24) is 4.90 Å². The summed E-state index contributed by atoms with van der Waals surface area (Å²) in [5, 5.41) is 1.01. The predicted molar refractivity (Wildman–Crippen MR) is 67.2 cm³/mol. The summed E-state index contributed by atoms with van der Waals surface area (Å²) in [6, 6.07) is 0. The molecule has 3 heteroatoms. The van der Waals surface area contributed by atoms with Crippen molar-refractivity contribution in [2.75, 3.05) is 18.4 Å². The quantitative estimate of drug-likeness (QED) is 0.571. The lowest BCUT2D eigenvalue weighted by Crippen LogP contribution is -2.42. The summed E-state index contributed by atoms with van der Waals surface area (Å²) in [5.41, 5.74) is 0. The van der Waals surface area contributed by atoms with Crippen LogP contribution in [0.4, 0.5) is 0 Å². The maximum Gasteiger partial charge on any atom is 0.222 e. The molecule has 0 spiro atoms. The van der Waals surface area contributed by atoms with Gasteiger partial charge in [0, 0.05) is 24.8 Å². The number of hydrogen-bond donors (Lipinski definition) is 0. The minimum Gasteiger partial charge on any atom is -0.342 e.